The van der Waals surface area contributed by atoms with Crippen molar-refractivity contribution in [2.75, 3.05) is 10.8 Å². The monoisotopic (exact) mass is 595 g/mol. The van der Waals surface area contributed by atoms with E-state index in [0.717, 1.165) is 47.5 Å². The summed E-state index contributed by atoms with van der Waals surface area (Å²) >= 11 is 6.19. The van der Waals surface area contributed by atoms with Crippen molar-refractivity contribution in [3.8, 4) is 0 Å². The molecule has 1 atom stereocenters. The zero-order chi connectivity index (χ0) is 29.6. The molecule has 0 saturated heterocycles. The second-order valence-electron chi connectivity index (χ2n) is 10.8. The molecule has 0 aromatic heterocycles. The molecule has 3 aromatic rings. The zero-order valence-electron chi connectivity index (χ0n) is 23.8. The molecule has 7 nitrogen and oxygen atoms in total. The zero-order valence-corrected chi connectivity index (χ0v) is 25.4. The van der Waals surface area contributed by atoms with Gasteiger partial charge in [-0.3, -0.25) is 13.9 Å². The van der Waals surface area contributed by atoms with Crippen LogP contribution in [0.2, 0.25) is 5.02 Å². The molecule has 3 aromatic carbocycles. The van der Waals surface area contributed by atoms with Crippen LogP contribution in [0.4, 0.5) is 5.69 Å². The third-order valence-corrected chi connectivity index (χ3v) is 9.64. The number of anilines is 1. The molecule has 0 unspecified atom stereocenters. The summed E-state index contributed by atoms with van der Waals surface area (Å²) in [6, 6.07) is 20.1. The Hall–Kier alpha value is -3.36. The van der Waals surface area contributed by atoms with Gasteiger partial charge < -0.3 is 10.2 Å². The SMILES string of the molecule is Cc1ccc(S(=O)(=O)N(CC(=O)N(Cc2ccccc2)[C@H](C)C(=O)NC2CCCCC2)c2ccc(Cl)cc2C)cc1. The van der Waals surface area contributed by atoms with Crippen LogP contribution in [0.1, 0.15) is 55.7 Å². The lowest BCUT2D eigenvalue weighted by atomic mass is 9.95. The second kappa shape index (κ2) is 13.5. The van der Waals surface area contributed by atoms with Gasteiger partial charge in [0.25, 0.3) is 10.0 Å². The summed E-state index contributed by atoms with van der Waals surface area (Å²) in [6.45, 7) is 5.02. The van der Waals surface area contributed by atoms with E-state index in [1.54, 1.807) is 44.2 Å². The summed E-state index contributed by atoms with van der Waals surface area (Å²) < 4.78 is 29.1. The Labute approximate surface area is 248 Å². The van der Waals surface area contributed by atoms with Crippen molar-refractivity contribution in [2.24, 2.45) is 0 Å². The predicted molar refractivity (Wildman–Crippen MR) is 163 cm³/mol. The lowest BCUT2D eigenvalue weighted by Gasteiger charge is -2.33. The minimum atomic E-state index is -4.13. The minimum Gasteiger partial charge on any atom is -0.352 e. The van der Waals surface area contributed by atoms with Gasteiger partial charge in [-0.05, 0) is 75.1 Å². The highest BCUT2D eigenvalue weighted by Crippen LogP contribution is 2.29. The second-order valence-corrected chi connectivity index (χ2v) is 13.1. The lowest BCUT2D eigenvalue weighted by molar-refractivity contribution is -0.139. The molecule has 1 fully saturated rings. The van der Waals surface area contributed by atoms with E-state index in [2.05, 4.69) is 5.32 Å². The van der Waals surface area contributed by atoms with Crippen LogP contribution in [0.3, 0.4) is 0 Å². The summed E-state index contributed by atoms with van der Waals surface area (Å²) in [7, 11) is -4.13. The summed E-state index contributed by atoms with van der Waals surface area (Å²) in [5.74, 6) is -0.720. The van der Waals surface area contributed by atoms with Gasteiger partial charge in [-0.25, -0.2) is 8.42 Å². The maximum absolute atomic E-state index is 14.1. The van der Waals surface area contributed by atoms with E-state index < -0.39 is 28.5 Å². The van der Waals surface area contributed by atoms with Gasteiger partial charge in [0.1, 0.15) is 12.6 Å². The predicted octanol–water partition coefficient (Wildman–Crippen LogP) is 6.02. The molecule has 1 N–H and O–H groups in total. The topological polar surface area (TPSA) is 86.8 Å². The van der Waals surface area contributed by atoms with Crippen LogP contribution >= 0.6 is 11.6 Å². The van der Waals surface area contributed by atoms with E-state index in [1.807, 2.05) is 37.3 Å². The Bertz CT molecular complexity index is 1460. The standard InChI is InChI=1S/C32H38ClN3O4S/c1-23-14-17-29(18-15-23)41(39,40)36(30-19-16-27(33)20-24(30)2)22-31(37)35(21-26-10-6-4-7-11-26)25(3)32(38)34-28-12-8-5-9-13-28/h4,6-7,10-11,14-20,25,28H,5,8-9,12-13,21-22H2,1-3H3,(H,34,38)/t25-/m1/s1. The fourth-order valence-electron chi connectivity index (χ4n) is 5.18. The van der Waals surface area contributed by atoms with E-state index >= 15 is 0 Å². The number of benzene rings is 3. The molecular weight excluding hydrogens is 558 g/mol. The summed E-state index contributed by atoms with van der Waals surface area (Å²) in [4.78, 5) is 29.0. The number of amides is 2. The molecule has 2 amide bonds. The third kappa shape index (κ3) is 7.68. The number of nitrogens with zero attached hydrogens (tertiary/aromatic N) is 2. The Balaban J connectivity index is 1.69. The van der Waals surface area contributed by atoms with Gasteiger partial charge in [0.15, 0.2) is 0 Å². The Morgan fingerprint density at radius 1 is 0.951 bits per heavy atom. The van der Waals surface area contributed by atoms with E-state index in [1.165, 1.54) is 17.0 Å². The van der Waals surface area contributed by atoms with E-state index in [9.17, 15) is 18.0 Å². The Kier molecular flexibility index (Phi) is 10.1. The number of sulfonamides is 1. The highest BCUT2D eigenvalue weighted by atomic mass is 35.5. The molecule has 1 saturated carbocycles. The van der Waals surface area contributed by atoms with Gasteiger partial charge in [-0.1, -0.05) is 78.9 Å². The molecule has 0 radical (unpaired) electrons. The molecule has 0 spiro atoms. The van der Waals surface area contributed by atoms with Crippen LogP contribution in [0.5, 0.6) is 0 Å². The van der Waals surface area contributed by atoms with Crippen LogP contribution in [0.25, 0.3) is 0 Å². The van der Waals surface area contributed by atoms with Crippen LogP contribution in [0.15, 0.2) is 77.7 Å². The molecule has 4 rings (SSSR count). The Morgan fingerprint density at radius 2 is 1.61 bits per heavy atom. The molecule has 0 heterocycles. The van der Waals surface area contributed by atoms with Crippen molar-refractivity contribution < 1.29 is 18.0 Å². The number of carbonyl (C=O) groups excluding carboxylic acids is 2. The highest BCUT2D eigenvalue weighted by molar-refractivity contribution is 7.92. The van der Waals surface area contributed by atoms with Gasteiger partial charge in [0.05, 0.1) is 10.6 Å². The third-order valence-electron chi connectivity index (χ3n) is 7.63. The van der Waals surface area contributed by atoms with Crippen LogP contribution < -0.4 is 9.62 Å². The lowest BCUT2D eigenvalue weighted by Crippen LogP contribution is -2.53. The first-order chi connectivity index (χ1) is 19.6. The van der Waals surface area contributed by atoms with Gasteiger partial charge in [0, 0.05) is 17.6 Å². The fourth-order valence-corrected chi connectivity index (χ4v) is 6.89. The van der Waals surface area contributed by atoms with Crippen molar-refractivity contribution in [2.45, 2.75) is 76.4 Å². The maximum Gasteiger partial charge on any atom is 0.264 e. The largest absolute Gasteiger partial charge is 0.352 e. The van der Waals surface area contributed by atoms with E-state index in [0.29, 0.717) is 16.3 Å². The van der Waals surface area contributed by atoms with Crippen molar-refractivity contribution >= 4 is 39.1 Å². The quantitative estimate of drug-likeness (QED) is 0.311. The first-order valence-corrected chi connectivity index (χ1v) is 15.9. The molecule has 1 aliphatic rings. The molecule has 0 bridgehead atoms. The fraction of sp³-hybridized carbons (Fsp3) is 0.375. The highest BCUT2D eigenvalue weighted by Gasteiger charge is 2.33. The van der Waals surface area contributed by atoms with Gasteiger partial charge in [-0.2, -0.15) is 0 Å². The van der Waals surface area contributed by atoms with Gasteiger partial charge in [0.2, 0.25) is 11.8 Å². The smallest absolute Gasteiger partial charge is 0.264 e. The van der Waals surface area contributed by atoms with Crippen molar-refractivity contribution in [3.63, 3.8) is 0 Å². The number of halogens is 1. The van der Waals surface area contributed by atoms with Crippen LogP contribution in [0, 0.1) is 13.8 Å². The molecule has 218 valence electrons. The number of hydrogen-bond acceptors (Lipinski definition) is 4. The average molecular weight is 596 g/mol. The first-order valence-electron chi connectivity index (χ1n) is 14.1. The van der Waals surface area contributed by atoms with E-state index in [-0.39, 0.29) is 23.4 Å². The summed E-state index contributed by atoms with van der Waals surface area (Å²) in [5, 5.41) is 3.58. The molecule has 0 aliphatic heterocycles. The number of hydrogen-bond donors (Lipinski definition) is 1. The number of rotatable bonds is 10. The number of nitrogens with one attached hydrogen (secondary N) is 1. The molecule has 9 heteroatoms. The number of carbonyl (C=O) groups is 2. The van der Waals surface area contributed by atoms with Gasteiger partial charge >= 0.3 is 0 Å². The first kappa shape index (κ1) is 30.6. The van der Waals surface area contributed by atoms with Crippen LogP contribution in [-0.4, -0.2) is 43.8 Å². The van der Waals surface area contributed by atoms with E-state index in [4.69, 9.17) is 11.6 Å². The van der Waals surface area contributed by atoms with Crippen molar-refractivity contribution in [1.82, 2.24) is 10.2 Å². The molecule has 41 heavy (non-hydrogen) atoms. The molecular formula is C32H38ClN3O4S. The van der Waals surface area contributed by atoms with Crippen molar-refractivity contribution in [3.05, 3.63) is 94.5 Å². The average Bonchev–Trinajstić information content (AvgIpc) is 2.96. The maximum atomic E-state index is 14.1. The summed E-state index contributed by atoms with van der Waals surface area (Å²) in [6.07, 6.45) is 5.14. The normalized spacial score (nSPS) is 14.7. The minimum absolute atomic E-state index is 0.0722. The Morgan fingerprint density at radius 3 is 2.24 bits per heavy atom. The van der Waals surface area contributed by atoms with Gasteiger partial charge in [-0.15, -0.1) is 0 Å². The summed E-state index contributed by atoms with van der Waals surface area (Å²) in [5.41, 5.74) is 2.72. The number of aryl methyl sites for hydroxylation is 2. The molecule has 1 aliphatic carbocycles. The van der Waals surface area contributed by atoms with Crippen molar-refractivity contribution in [1.29, 1.82) is 0 Å². The van der Waals surface area contributed by atoms with Crippen LogP contribution in [-0.2, 0) is 26.2 Å².